The first-order chi connectivity index (χ1) is 12.2. The number of hydrogen-bond donors (Lipinski definition) is 1. The van der Waals surface area contributed by atoms with E-state index < -0.39 is 0 Å². The Kier molecular flexibility index (Phi) is 4.11. The van der Waals surface area contributed by atoms with Gasteiger partial charge in [0.2, 0.25) is 0 Å². The molecule has 1 amide bonds. The fourth-order valence-electron chi connectivity index (χ4n) is 2.68. The van der Waals surface area contributed by atoms with E-state index in [2.05, 4.69) is 26.3 Å². The number of nitrogens with zero attached hydrogens (tertiary/aromatic N) is 3. The standard InChI is InChI=1S/C19H16N4OS/c1-12(10-18-23-15-8-4-5-9-17(15)25-18)21-19(24)16-11-20-13-6-2-3-7-14(13)22-16/h2-9,11-12H,10H2,1H3,(H,21,24)/t12-/m0/s1. The Morgan fingerprint density at radius 2 is 1.76 bits per heavy atom. The van der Waals surface area contributed by atoms with Crippen molar-refractivity contribution >= 4 is 38.5 Å². The fraction of sp³-hybridized carbons (Fsp3) is 0.158. The van der Waals surface area contributed by atoms with Gasteiger partial charge in [-0.3, -0.25) is 9.78 Å². The largest absolute Gasteiger partial charge is 0.348 e. The van der Waals surface area contributed by atoms with Crippen molar-refractivity contribution in [2.45, 2.75) is 19.4 Å². The van der Waals surface area contributed by atoms with Crippen molar-refractivity contribution < 1.29 is 4.79 Å². The Hall–Kier alpha value is -2.86. The number of carbonyl (C=O) groups is 1. The van der Waals surface area contributed by atoms with E-state index in [4.69, 9.17) is 0 Å². The van der Waals surface area contributed by atoms with Gasteiger partial charge in [-0.05, 0) is 31.2 Å². The third-order valence-electron chi connectivity index (χ3n) is 3.88. The van der Waals surface area contributed by atoms with Crippen molar-refractivity contribution in [2.24, 2.45) is 0 Å². The number of thiazole rings is 1. The van der Waals surface area contributed by atoms with Crippen LogP contribution in [0.2, 0.25) is 0 Å². The van der Waals surface area contributed by atoms with Crippen LogP contribution < -0.4 is 5.32 Å². The summed E-state index contributed by atoms with van der Waals surface area (Å²) in [5, 5.41) is 3.99. The molecule has 124 valence electrons. The molecule has 0 unspecified atom stereocenters. The van der Waals surface area contributed by atoms with E-state index in [1.54, 1.807) is 11.3 Å². The van der Waals surface area contributed by atoms with Crippen LogP contribution in [0.15, 0.2) is 54.7 Å². The highest BCUT2D eigenvalue weighted by Gasteiger charge is 2.14. The minimum atomic E-state index is -0.216. The normalized spacial score (nSPS) is 12.4. The molecule has 4 aromatic rings. The van der Waals surface area contributed by atoms with Crippen LogP contribution in [-0.2, 0) is 6.42 Å². The van der Waals surface area contributed by atoms with Gasteiger partial charge in [-0.1, -0.05) is 24.3 Å². The van der Waals surface area contributed by atoms with Gasteiger partial charge in [-0.15, -0.1) is 11.3 Å². The van der Waals surface area contributed by atoms with Gasteiger partial charge in [0.05, 0.1) is 32.5 Å². The molecule has 2 aromatic carbocycles. The van der Waals surface area contributed by atoms with Crippen LogP contribution in [0.4, 0.5) is 0 Å². The Morgan fingerprint density at radius 1 is 1.04 bits per heavy atom. The van der Waals surface area contributed by atoms with Crippen LogP contribution in [0.1, 0.15) is 22.4 Å². The molecule has 0 bridgehead atoms. The molecule has 5 nitrogen and oxygen atoms in total. The van der Waals surface area contributed by atoms with Gasteiger partial charge >= 0.3 is 0 Å². The van der Waals surface area contributed by atoms with E-state index >= 15 is 0 Å². The van der Waals surface area contributed by atoms with Gasteiger partial charge < -0.3 is 5.32 Å². The number of para-hydroxylation sites is 3. The second-order valence-corrected chi connectivity index (χ2v) is 7.01. The van der Waals surface area contributed by atoms with Gasteiger partial charge in [0.25, 0.3) is 5.91 Å². The average Bonchev–Trinajstić information content (AvgIpc) is 3.03. The number of rotatable bonds is 4. The first kappa shape index (κ1) is 15.7. The average molecular weight is 348 g/mol. The van der Waals surface area contributed by atoms with Crippen molar-refractivity contribution in [3.63, 3.8) is 0 Å². The molecular formula is C19H16N4OS. The van der Waals surface area contributed by atoms with Gasteiger partial charge in [-0.2, -0.15) is 0 Å². The van der Waals surface area contributed by atoms with E-state index in [0.29, 0.717) is 17.6 Å². The number of nitrogens with one attached hydrogen (secondary N) is 1. The van der Waals surface area contributed by atoms with E-state index in [-0.39, 0.29) is 11.9 Å². The molecule has 0 radical (unpaired) electrons. The molecule has 1 N–H and O–H groups in total. The molecule has 0 fully saturated rings. The zero-order valence-corrected chi connectivity index (χ0v) is 14.5. The summed E-state index contributed by atoms with van der Waals surface area (Å²) in [6.07, 6.45) is 2.20. The number of aromatic nitrogens is 3. The highest BCUT2D eigenvalue weighted by molar-refractivity contribution is 7.18. The molecule has 0 aliphatic rings. The van der Waals surface area contributed by atoms with Crippen LogP contribution in [0.5, 0.6) is 0 Å². The highest BCUT2D eigenvalue weighted by Crippen LogP contribution is 2.22. The third-order valence-corrected chi connectivity index (χ3v) is 4.94. The third kappa shape index (κ3) is 3.34. The molecule has 2 aromatic heterocycles. The first-order valence-corrected chi connectivity index (χ1v) is 8.88. The molecule has 6 heteroatoms. The predicted octanol–water partition coefficient (Wildman–Crippen LogP) is 3.60. The molecule has 1 atom stereocenters. The van der Waals surface area contributed by atoms with Gasteiger partial charge in [-0.25, -0.2) is 9.97 Å². The Morgan fingerprint density at radius 3 is 2.56 bits per heavy atom. The van der Waals surface area contributed by atoms with E-state index in [1.807, 2.05) is 49.4 Å². The van der Waals surface area contributed by atoms with Crippen LogP contribution in [-0.4, -0.2) is 26.9 Å². The number of hydrogen-bond acceptors (Lipinski definition) is 5. The predicted molar refractivity (Wildman–Crippen MR) is 99.8 cm³/mol. The maximum Gasteiger partial charge on any atom is 0.271 e. The molecule has 0 spiro atoms. The first-order valence-electron chi connectivity index (χ1n) is 8.06. The molecule has 0 saturated carbocycles. The molecule has 0 saturated heterocycles. The second-order valence-electron chi connectivity index (χ2n) is 5.90. The zero-order valence-electron chi connectivity index (χ0n) is 13.6. The van der Waals surface area contributed by atoms with Crippen molar-refractivity contribution in [1.82, 2.24) is 20.3 Å². The summed E-state index contributed by atoms with van der Waals surface area (Å²) in [4.78, 5) is 25.7. The smallest absolute Gasteiger partial charge is 0.271 e. The van der Waals surface area contributed by atoms with E-state index in [9.17, 15) is 4.79 Å². The Bertz CT molecular complexity index is 1030. The van der Waals surface area contributed by atoms with Crippen molar-refractivity contribution in [3.05, 3.63) is 65.4 Å². The summed E-state index contributed by atoms with van der Waals surface area (Å²) < 4.78 is 1.16. The zero-order chi connectivity index (χ0) is 17.2. The summed E-state index contributed by atoms with van der Waals surface area (Å²) in [5.41, 5.74) is 2.83. The lowest BCUT2D eigenvalue weighted by Gasteiger charge is -2.12. The van der Waals surface area contributed by atoms with Gasteiger partial charge in [0, 0.05) is 12.5 Å². The Balaban J connectivity index is 1.47. The van der Waals surface area contributed by atoms with Crippen molar-refractivity contribution in [3.8, 4) is 0 Å². The van der Waals surface area contributed by atoms with Gasteiger partial charge in [0.15, 0.2) is 0 Å². The maximum atomic E-state index is 12.4. The number of benzene rings is 2. The van der Waals surface area contributed by atoms with Gasteiger partial charge in [0.1, 0.15) is 5.69 Å². The Labute approximate surface area is 148 Å². The SMILES string of the molecule is C[C@@H](Cc1nc2ccccc2s1)NC(=O)c1cnc2ccccc2n1. The second kappa shape index (κ2) is 6.57. The lowest BCUT2D eigenvalue weighted by molar-refractivity contribution is 0.0935. The molecule has 25 heavy (non-hydrogen) atoms. The molecular weight excluding hydrogens is 332 g/mol. The molecule has 0 aliphatic carbocycles. The summed E-state index contributed by atoms with van der Waals surface area (Å²) in [7, 11) is 0. The monoisotopic (exact) mass is 348 g/mol. The lowest BCUT2D eigenvalue weighted by Crippen LogP contribution is -2.34. The summed E-state index contributed by atoms with van der Waals surface area (Å²) >= 11 is 1.66. The minimum absolute atomic E-state index is 0.0404. The van der Waals surface area contributed by atoms with Crippen LogP contribution in [0, 0.1) is 0 Å². The lowest BCUT2D eigenvalue weighted by atomic mass is 10.2. The summed E-state index contributed by atoms with van der Waals surface area (Å²) in [6, 6.07) is 15.5. The topological polar surface area (TPSA) is 67.8 Å². The van der Waals surface area contributed by atoms with Crippen molar-refractivity contribution in [1.29, 1.82) is 0 Å². The maximum absolute atomic E-state index is 12.4. The summed E-state index contributed by atoms with van der Waals surface area (Å²) in [6.45, 7) is 1.97. The molecule has 0 aliphatic heterocycles. The van der Waals surface area contributed by atoms with E-state index in [0.717, 1.165) is 20.7 Å². The fourth-order valence-corrected chi connectivity index (χ4v) is 3.78. The molecule has 2 heterocycles. The number of amides is 1. The highest BCUT2D eigenvalue weighted by atomic mass is 32.1. The van der Waals surface area contributed by atoms with Crippen LogP contribution in [0.25, 0.3) is 21.3 Å². The number of carbonyl (C=O) groups excluding carboxylic acids is 1. The van der Waals surface area contributed by atoms with Crippen LogP contribution in [0.3, 0.4) is 0 Å². The van der Waals surface area contributed by atoms with Crippen LogP contribution >= 0.6 is 11.3 Å². The quantitative estimate of drug-likeness (QED) is 0.612. The molecule has 4 rings (SSSR count). The van der Waals surface area contributed by atoms with E-state index in [1.165, 1.54) is 6.20 Å². The minimum Gasteiger partial charge on any atom is -0.348 e. The van der Waals surface area contributed by atoms with Crippen molar-refractivity contribution in [2.75, 3.05) is 0 Å². The summed E-state index contributed by atoms with van der Waals surface area (Å²) in [5.74, 6) is -0.216. The number of fused-ring (bicyclic) bond motifs is 2.